The van der Waals surface area contributed by atoms with Gasteiger partial charge in [0.2, 0.25) is 0 Å². The van der Waals surface area contributed by atoms with Gasteiger partial charge in [0.25, 0.3) is 0 Å². The summed E-state index contributed by atoms with van der Waals surface area (Å²) in [5, 5.41) is 12.7. The molecule has 2 aliphatic heterocycles. The van der Waals surface area contributed by atoms with E-state index in [0.29, 0.717) is 11.7 Å². The normalized spacial score (nSPS) is 20.4. The molecule has 1 fully saturated rings. The predicted octanol–water partition coefficient (Wildman–Crippen LogP) is 1.84. The number of aromatic nitrogens is 7. The van der Waals surface area contributed by atoms with Crippen LogP contribution < -0.4 is 10.2 Å². The first-order valence-electron chi connectivity index (χ1n) is 8.77. The fourth-order valence-corrected chi connectivity index (χ4v) is 4.32. The Bertz CT molecular complexity index is 946. The van der Waals surface area contributed by atoms with Crippen molar-refractivity contribution in [1.29, 1.82) is 0 Å². The molecule has 2 aliphatic rings. The molecule has 0 saturated carbocycles. The molecule has 2 N–H and O–H groups in total. The SMILES string of the molecule is C1=C(c2cnn(C3CCCNC3)n2)SCCN1c1ncnc2nc[nH]c12.Cl. The second-order valence-corrected chi connectivity index (χ2v) is 7.52. The second kappa shape index (κ2) is 7.83. The second-order valence-electron chi connectivity index (χ2n) is 6.38. The van der Waals surface area contributed by atoms with Gasteiger partial charge in [-0.25, -0.2) is 15.0 Å². The molecule has 0 amide bonds. The Morgan fingerprint density at radius 3 is 3.07 bits per heavy atom. The highest BCUT2D eigenvalue weighted by Crippen LogP contribution is 2.33. The highest BCUT2D eigenvalue weighted by atomic mass is 35.5. The first kappa shape index (κ1) is 18.2. The van der Waals surface area contributed by atoms with E-state index in [1.54, 1.807) is 24.4 Å². The first-order chi connectivity index (χ1) is 12.9. The molecule has 0 spiro atoms. The lowest BCUT2D eigenvalue weighted by atomic mass is 10.1. The summed E-state index contributed by atoms with van der Waals surface area (Å²) in [6.45, 7) is 2.90. The van der Waals surface area contributed by atoms with E-state index in [9.17, 15) is 0 Å². The molecular weight excluding hydrogens is 386 g/mol. The number of H-pyrrole nitrogens is 1. The number of piperidine rings is 1. The monoisotopic (exact) mass is 405 g/mol. The van der Waals surface area contributed by atoms with Gasteiger partial charge in [-0.3, -0.25) is 0 Å². The Morgan fingerprint density at radius 2 is 2.19 bits per heavy atom. The molecule has 1 unspecified atom stereocenters. The molecule has 1 saturated heterocycles. The Morgan fingerprint density at radius 1 is 1.22 bits per heavy atom. The van der Waals surface area contributed by atoms with E-state index in [0.717, 1.165) is 53.7 Å². The van der Waals surface area contributed by atoms with E-state index in [-0.39, 0.29) is 12.4 Å². The lowest BCUT2D eigenvalue weighted by Crippen LogP contribution is -2.32. The molecule has 9 nitrogen and oxygen atoms in total. The highest BCUT2D eigenvalue weighted by molar-refractivity contribution is 8.08. The highest BCUT2D eigenvalue weighted by Gasteiger charge is 2.22. The third-order valence-electron chi connectivity index (χ3n) is 4.70. The van der Waals surface area contributed by atoms with Crippen LogP contribution in [-0.4, -0.2) is 60.3 Å². The molecule has 3 aromatic heterocycles. The van der Waals surface area contributed by atoms with Crippen LogP contribution in [0.1, 0.15) is 24.6 Å². The summed E-state index contributed by atoms with van der Waals surface area (Å²) in [7, 11) is 0. The lowest BCUT2D eigenvalue weighted by Gasteiger charge is -2.25. The summed E-state index contributed by atoms with van der Waals surface area (Å²) >= 11 is 1.80. The number of aromatic amines is 1. The minimum atomic E-state index is 0. The van der Waals surface area contributed by atoms with Crippen molar-refractivity contribution in [2.24, 2.45) is 0 Å². The summed E-state index contributed by atoms with van der Waals surface area (Å²) in [6, 6.07) is 0.342. The number of halogens is 1. The number of fused-ring (bicyclic) bond motifs is 1. The maximum absolute atomic E-state index is 4.73. The van der Waals surface area contributed by atoms with Crippen molar-refractivity contribution in [3.8, 4) is 0 Å². The largest absolute Gasteiger partial charge is 0.340 e. The van der Waals surface area contributed by atoms with Crippen LogP contribution in [0.2, 0.25) is 0 Å². The Hall–Kier alpha value is -2.17. The Kier molecular flexibility index (Phi) is 5.28. The zero-order valence-corrected chi connectivity index (χ0v) is 16.2. The van der Waals surface area contributed by atoms with Crippen molar-refractivity contribution in [1.82, 2.24) is 40.2 Å². The average Bonchev–Trinajstić information content (AvgIpc) is 3.38. The van der Waals surface area contributed by atoms with E-state index in [4.69, 9.17) is 5.10 Å². The Labute approximate surface area is 166 Å². The van der Waals surface area contributed by atoms with Crippen molar-refractivity contribution < 1.29 is 0 Å². The summed E-state index contributed by atoms with van der Waals surface area (Å²) < 4.78 is 0. The van der Waals surface area contributed by atoms with E-state index < -0.39 is 0 Å². The van der Waals surface area contributed by atoms with Gasteiger partial charge in [-0.15, -0.1) is 24.2 Å². The molecule has 0 radical (unpaired) electrons. The fraction of sp³-hybridized carbons (Fsp3) is 0.438. The van der Waals surface area contributed by atoms with Gasteiger partial charge >= 0.3 is 0 Å². The van der Waals surface area contributed by atoms with Crippen molar-refractivity contribution in [3.05, 3.63) is 30.7 Å². The number of hydrogen-bond donors (Lipinski definition) is 2. The van der Waals surface area contributed by atoms with Gasteiger partial charge < -0.3 is 15.2 Å². The van der Waals surface area contributed by atoms with Crippen LogP contribution in [-0.2, 0) is 0 Å². The van der Waals surface area contributed by atoms with Crippen LogP contribution in [0.25, 0.3) is 16.1 Å². The van der Waals surface area contributed by atoms with Gasteiger partial charge in [0.05, 0.1) is 23.5 Å². The van der Waals surface area contributed by atoms with Gasteiger partial charge in [0, 0.05) is 25.0 Å². The molecule has 1 atom stereocenters. The number of nitrogens with one attached hydrogen (secondary N) is 2. The maximum Gasteiger partial charge on any atom is 0.182 e. The van der Waals surface area contributed by atoms with E-state index in [1.807, 2.05) is 11.0 Å². The lowest BCUT2D eigenvalue weighted by molar-refractivity contribution is 0.317. The molecular formula is C16H20ClN9S. The third kappa shape index (κ3) is 3.52. The molecule has 0 aromatic carbocycles. The molecule has 27 heavy (non-hydrogen) atoms. The van der Waals surface area contributed by atoms with E-state index >= 15 is 0 Å². The molecule has 3 aromatic rings. The number of thioether (sulfide) groups is 1. The van der Waals surface area contributed by atoms with E-state index in [2.05, 4.69) is 41.5 Å². The van der Waals surface area contributed by atoms with Crippen molar-refractivity contribution >= 4 is 46.1 Å². The molecule has 0 aliphatic carbocycles. The zero-order chi connectivity index (χ0) is 17.3. The van der Waals surface area contributed by atoms with Crippen LogP contribution in [0.4, 0.5) is 5.82 Å². The number of imidazole rings is 1. The van der Waals surface area contributed by atoms with Crippen LogP contribution in [0.15, 0.2) is 25.1 Å². The van der Waals surface area contributed by atoms with Gasteiger partial charge in [0.1, 0.15) is 17.5 Å². The van der Waals surface area contributed by atoms with Crippen LogP contribution in [0, 0.1) is 0 Å². The maximum atomic E-state index is 4.73. The predicted molar refractivity (Wildman–Crippen MR) is 108 cm³/mol. The summed E-state index contributed by atoms with van der Waals surface area (Å²) in [5.41, 5.74) is 2.45. The van der Waals surface area contributed by atoms with Crippen molar-refractivity contribution in [2.75, 3.05) is 30.3 Å². The standard InChI is InChI=1S/C16H19N9S.ClH/c1-2-11(6-17-3-1)25-22-7-12(23-25)13-8-24(4-5-26-13)16-14-15(19-9-18-14)20-10-21-16;/h7-11,17H,1-6H2,(H,18,19,20,21);1H. The molecule has 0 bridgehead atoms. The molecule has 5 rings (SSSR count). The van der Waals surface area contributed by atoms with Crippen LogP contribution >= 0.6 is 24.2 Å². The smallest absolute Gasteiger partial charge is 0.182 e. The van der Waals surface area contributed by atoms with E-state index in [1.165, 1.54) is 6.42 Å². The molecule has 142 valence electrons. The topological polar surface area (TPSA) is 100 Å². The van der Waals surface area contributed by atoms with Crippen LogP contribution in [0.5, 0.6) is 0 Å². The Balaban J connectivity index is 0.00000180. The minimum absolute atomic E-state index is 0. The molecule has 5 heterocycles. The van der Waals surface area contributed by atoms with Crippen LogP contribution in [0.3, 0.4) is 0 Å². The summed E-state index contributed by atoms with van der Waals surface area (Å²) in [4.78, 5) is 21.1. The minimum Gasteiger partial charge on any atom is -0.340 e. The average molecular weight is 406 g/mol. The first-order valence-corrected chi connectivity index (χ1v) is 9.75. The van der Waals surface area contributed by atoms with Gasteiger partial charge in [-0.2, -0.15) is 15.0 Å². The third-order valence-corrected chi connectivity index (χ3v) is 5.71. The number of anilines is 1. The van der Waals surface area contributed by atoms with Gasteiger partial charge in [-0.1, -0.05) is 0 Å². The summed E-state index contributed by atoms with van der Waals surface area (Å²) in [6.07, 6.45) is 9.46. The van der Waals surface area contributed by atoms with Crippen molar-refractivity contribution in [2.45, 2.75) is 18.9 Å². The number of hydrogen-bond acceptors (Lipinski definition) is 8. The number of rotatable bonds is 3. The van der Waals surface area contributed by atoms with Gasteiger partial charge in [0.15, 0.2) is 11.5 Å². The van der Waals surface area contributed by atoms with Gasteiger partial charge in [-0.05, 0) is 19.4 Å². The summed E-state index contributed by atoms with van der Waals surface area (Å²) in [5.74, 6) is 1.80. The molecule has 11 heteroatoms. The van der Waals surface area contributed by atoms with Crippen molar-refractivity contribution in [3.63, 3.8) is 0 Å². The number of nitrogens with zero attached hydrogens (tertiary/aromatic N) is 7. The fourth-order valence-electron chi connectivity index (χ4n) is 3.37. The zero-order valence-electron chi connectivity index (χ0n) is 14.6. The quantitative estimate of drug-likeness (QED) is 0.680.